The highest BCUT2D eigenvalue weighted by Crippen LogP contribution is 2.34. The van der Waals surface area contributed by atoms with Crippen molar-refractivity contribution < 1.29 is 19.4 Å². The molecule has 39 heavy (non-hydrogen) atoms. The van der Waals surface area contributed by atoms with Crippen LogP contribution in [0.3, 0.4) is 0 Å². The second-order valence-corrected chi connectivity index (χ2v) is 11.5. The van der Waals surface area contributed by atoms with Gasteiger partial charge in [-0.3, -0.25) is 0 Å². The van der Waals surface area contributed by atoms with Gasteiger partial charge in [-0.15, -0.1) is 0 Å². The predicted molar refractivity (Wildman–Crippen MR) is 162 cm³/mol. The molecule has 1 N–H and O–H groups in total. The Morgan fingerprint density at radius 3 is 1.90 bits per heavy atom. The standard InChI is InChI=1S/C35H52O4/c1-3-5-7-8-9-11-25-39-32-23-24-33(35(36)37)34(27-32)30-19-21-31(22-20-30)38-26-12-14-29-17-15-28(16-18-29)13-10-6-4-2/h19-24,27-29H,3-18,25-26H2,1-2H3,(H,36,37). The molecule has 4 heteroatoms. The Kier molecular flexibility index (Phi) is 14.3. The first kappa shape index (κ1) is 31.0. The zero-order chi connectivity index (χ0) is 27.7. The molecule has 0 atom stereocenters. The van der Waals surface area contributed by atoms with Gasteiger partial charge in [-0.2, -0.15) is 0 Å². The molecule has 2 aromatic carbocycles. The van der Waals surface area contributed by atoms with Crippen LogP contribution in [-0.4, -0.2) is 24.3 Å². The number of rotatable bonds is 19. The monoisotopic (exact) mass is 536 g/mol. The van der Waals surface area contributed by atoms with Gasteiger partial charge in [0.1, 0.15) is 11.5 Å². The summed E-state index contributed by atoms with van der Waals surface area (Å²) >= 11 is 0. The molecule has 0 aromatic heterocycles. The molecule has 0 heterocycles. The highest BCUT2D eigenvalue weighted by molar-refractivity contribution is 5.96. The first-order valence-corrected chi connectivity index (χ1v) is 15.8. The van der Waals surface area contributed by atoms with E-state index in [1.54, 1.807) is 12.1 Å². The summed E-state index contributed by atoms with van der Waals surface area (Å²) in [5, 5.41) is 9.74. The van der Waals surface area contributed by atoms with E-state index in [9.17, 15) is 9.90 Å². The van der Waals surface area contributed by atoms with Crippen molar-refractivity contribution in [2.75, 3.05) is 13.2 Å². The third-order valence-corrected chi connectivity index (χ3v) is 8.36. The minimum absolute atomic E-state index is 0.288. The Morgan fingerprint density at radius 1 is 0.692 bits per heavy atom. The molecule has 0 unspecified atom stereocenters. The van der Waals surface area contributed by atoms with E-state index in [1.165, 1.54) is 89.9 Å². The molecule has 1 aliphatic carbocycles. The number of hydrogen-bond donors (Lipinski definition) is 1. The van der Waals surface area contributed by atoms with Crippen LogP contribution >= 0.6 is 0 Å². The van der Waals surface area contributed by atoms with Gasteiger partial charge < -0.3 is 14.6 Å². The fourth-order valence-corrected chi connectivity index (χ4v) is 5.90. The van der Waals surface area contributed by atoms with E-state index in [0.717, 1.165) is 48.3 Å². The average Bonchev–Trinajstić information content (AvgIpc) is 2.96. The van der Waals surface area contributed by atoms with Crippen LogP contribution in [0.4, 0.5) is 0 Å². The lowest BCUT2D eigenvalue weighted by Gasteiger charge is -2.28. The molecule has 0 amide bonds. The summed E-state index contributed by atoms with van der Waals surface area (Å²) < 4.78 is 12.0. The zero-order valence-electron chi connectivity index (χ0n) is 24.6. The largest absolute Gasteiger partial charge is 0.494 e. The number of carbonyl (C=O) groups is 1. The molecular formula is C35H52O4. The summed E-state index contributed by atoms with van der Waals surface area (Å²) in [6.45, 7) is 5.90. The Labute approximate surface area is 237 Å². The third kappa shape index (κ3) is 11.3. The van der Waals surface area contributed by atoms with Crippen molar-refractivity contribution in [3.63, 3.8) is 0 Å². The Morgan fingerprint density at radius 2 is 1.23 bits per heavy atom. The first-order chi connectivity index (χ1) is 19.1. The summed E-state index contributed by atoms with van der Waals surface area (Å²) in [4.78, 5) is 11.9. The minimum atomic E-state index is -0.928. The normalized spacial score (nSPS) is 17.2. The number of ether oxygens (including phenoxy) is 2. The van der Waals surface area contributed by atoms with E-state index in [0.29, 0.717) is 12.2 Å². The molecule has 0 saturated heterocycles. The van der Waals surface area contributed by atoms with Crippen LogP contribution < -0.4 is 9.47 Å². The van der Waals surface area contributed by atoms with E-state index in [1.807, 2.05) is 30.3 Å². The van der Waals surface area contributed by atoms with Crippen LogP contribution in [-0.2, 0) is 0 Å². The van der Waals surface area contributed by atoms with Crippen LogP contribution in [0.2, 0.25) is 0 Å². The SMILES string of the molecule is CCCCCCCCOc1ccc(C(=O)O)c(-c2ccc(OCCCC3CCC(CCCCC)CC3)cc2)c1. The van der Waals surface area contributed by atoms with E-state index >= 15 is 0 Å². The van der Waals surface area contributed by atoms with E-state index < -0.39 is 5.97 Å². The maximum Gasteiger partial charge on any atom is 0.336 e. The fourth-order valence-electron chi connectivity index (χ4n) is 5.90. The third-order valence-electron chi connectivity index (χ3n) is 8.36. The number of hydrogen-bond acceptors (Lipinski definition) is 3. The smallest absolute Gasteiger partial charge is 0.336 e. The quantitative estimate of drug-likeness (QED) is 0.181. The Hall–Kier alpha value is -2.49. The molecule has 4 nitrogen and oxygen atoms in total. The van der Waals surface area contributed by atoms with Crippen molar-refractivity contribution >= 4 is 5.97 Å². The maximum absolute atomic E-state index is 11.9. The summed E-state index contributed by atoms with van der Waals surface area (Å²) in [7, 11) is 0. The molecule has 1 fully saturated rings. The van der Waals surface area contributed by atoms with Gasteiger partial charge in [0.05, 0.1) is 18.8 Å². The molecule has 1 saturated carbocycles. The van der Waals surface area contributed by atoms with E-state index in [-0.39, 0.29) is 5.56 Å². The van der Waals surface area contributed by atoms with Crippen molar-refractivity contribution in [1.82, 2.24) is 0 Å². The second kappa shape index (κ2) is 18.0. The number of carboxylic acid groups (broad SMARTS) is 1. The Balaban J connectivity index is 1.43. The number of unbranched alkanes of at least 4 members (excludes halogenated alkanes) is 7. The van der Waals surface area contributed by atoms with Gasteiger partial charge in [0, 0.05) is 0 Å². The molecule has 0 bridgehead atoms. The molecule has 0 aliphatic heterocycles. The van der Waals surface area contributed by atoms with E-state index in [4.69, 9.17) is 9.47 Å². The van der Waals surface area contributed by atoms with Crippen LogP contribution in [0.5, 0.6) is 11.5 Å². The van der Waals surface area contributed by atoms with Crippen molar-refractivity contribution in [3.8, 4) is 22.6 Å². The maximum atomic E-state index is 11.9. The van der Waals surface area contributed by atoms with Gasteiger partial charge in [0.2, 0.25) is 0 Å². The van der Waals surface area contributed by atoms with Crippen molar-refractivity contribution in [3.05, 3.63) is 48.0 Å². The molecular weight excluding hydrogens is 484 g/mol. The van der Waals surface area contributed by atoms with Gasteiger partial charge in [0.25, 0.3) is 0 Å². The van der Waals surface area contributed by atoms with Gasteiger partial charge in [-0.1, -0.05) is 109 Å². The Bertz CT molecular complexity index is 944. The average molecular weight is 537 g/mol. The van der Waals surface area contributed by atoms with Crippen LogP contribution in [0, 0.1) is 11.8 Å². The zero-order valence-corrected chi connectivity index (χ0v) is 24.6. The predicted octanol–water partition coefficient (Wildman–Crippen LogP) is 10.3. The van der Waals surface area contributed by atoms with Gasteiger partial charge in [-0.25, -0.2) is 4.79 Å². The minimum Gasteiger partial charge on any atom is -0.494 e. The molecule has 1 aliphatic rings. The van der Waals surface area contributed by atoms with Crippen LogP contribution in [0.15, 0.2) is 42.5 Å². The lowest BCUT2D eigenvalue weighted by Crippen LogP contribution is -2.15. The molecule has 216 valence electrons. The van der Waals surface area contributed by atoms with Gasteiger partial charge in [-0.05, 0) is 72.6 Å². The molecule has 3 rings (SSSR count). The van der Waals surface area contributed by atoms with E-state index in [2.05, 4.69) is 13.8 Å². The highest BCUT2D eigenvalue weighted by Gasteiger charge is 2.20. The molecule has 0 spiro atoms. The van der Waals surface area contributed by atoms with Gasteiger partial charge in [0.15, 0.2) is 0 Å². The summed E-state index contributed by atoms with van der Waals surface area (Å²) in [5.41, 5.74) is 1.83. The number of aromatic carboxylic acids is 1. The van der Waals surface area contributed by atoms with Crippen LogP contribution in [0.25, 0.3) is 11.1 Å². The van der Waals surface area contributed by atoms with Crippen molar-refractivity contribution in [2.24, 2.45) is 11.8 Å². The van der Waals surface area contributed by atoms with Gasteiger partial charge >= 0.3 is 5.97 Å². The first-order valence-electron chi connectivity index (χ1n) is 15.8. The summed E-state index contributed by atoms with van der Waals surface area (Å²) in [6.07, 6.45) is 20.8. The summed E-state index contributed by atoms with van der Waals surface area (Å²) in [6, 6.07) is 13.1. The lowest BCUT2D eigenvalue weighted by molar-refractivity contribution is 0.0697. The highest BCUT2D eigenvalue weighted by atomic mass is 16.5. The molecule has 0 radical (unpaired) electrons. The summed E-state index contributed by atoms with van der Waals surface area (Å²) in [5.74, 6) is 2.47. The number of benzene rings is 2. The fraction of sp³-hybridized carbons (Fsp3) is 0.629. The van der Waals surface area contributed by atoms with Crippen molar-refractivity contribution in [2.45, 2.75) is 117 Å². The second-order valence-electron chi connectivity index (χ2n) is 11.5. The number of carboxylic acids is 1. The lowest BCUT2D eigenvalue weighted by atomic mass is 9.78. The molecule has 2 aromatic rings. The van der Waals surface area contributed by atoms with Crippen LogP contribution in [0.1, 0.15) is 127 Å². The topological polar surface area (TPSA) is 55.8 Å². The van der Waals surface area contributed by atoms with Crippen molar-refractivity contribution in [1.29, 1.82) is 0 Å².